The largest absolute Gasteiger partial charge is 0.269 e. The van der Waals surface area contributed by atoms with Crippen molar-refractivity contribution in [1.29, 1.82) is 0 Å². The lowest BCUT2D eigenvalue weighted by Gasteiger charge is -2.05. The number of non-ortho nitro benzene ring substituents is 1. The van der Waals surface area contributed by atoms with Crippen molar-refractivity contribution < 1.29 is 13.3 Å². The fraction of sp³-hybridized carbons (Fsp3) is 0.118. The van der Waals surface area contributed by atoms with Crippen LogP contribution in [0.2, 0.25) is 0 Å². The Morgan fingerprint density at radius 2 is 1.77 bits per heavy atom. The average Bonchev–Trinajstić information content (AvgIpc) is 3.02. The molecule has 134 valence electrons. The third-order valence-corrected chi connectivity index (χ3v) is 6.32. The molecule has 3 aromatic rings. The number of hydrogen-bond acceptors (Lipinski definition) is 6. The van der Waals surface area contributed by atoms with Gasteiger partial charge in [-0.3, -0.25) is 10.1 Å². The highest BCUT2D eigenvalue weighted by molar-refractivity contribution is 7.89. The minimum atomic E-state index is -3.77. The summed E-state index contributed by atoms with van der Waals surface area (Å²) in [4.78, 5) is 15.4. The quantitative estimate of drug-likeness (QED) is 0.513. The van der Waals surface area contributed by atoms with Gasteiger partial charge < -0.3 is 0 Å². The van der Waals surface area contributed by atoms with Crippen molar-refractivity contribution in [2.24, 2.45) is 0 Å². The van der Waals surface area contributed by atoms with E-state index >= 15 is 0 Å². The number of sulfonamides is 1. The molecule has 7 nitrogen and oxygen atoms in total. The van der Waals surface area contributed by atoms with Crippen molar-refractivity contribution in [3.63, 3.8) is 0 Å². The monoisotopic (exact) mass is 389 g/mol. The van der Waals surface area contributed by atoms with Crippen LogP contribution in [-0.2, 0) is 16.6 Å². The number of aryl methyl sites for hydroxylation is 1. The maximum atomic E-state index is 12.4. The molecule has 26 heavy (non-hydrogen) atoms. The van der Waals surface area contributed by atoms with Gasteiger partial charge in [-0.05, 0) is 19.1 Å². The zero-order valence-corrected chi connectivity index (χ0v) is 15.4. The number of nitrogens with zero attached hydrogens (tertiary/aromatic N) is 2. The molecule has 9 heteroatoms. The summed E-state index contributed by atoms with van der Waals surface area (Å²) in [6.07, 6.45) is 0. The van der Waals surface area contributed by atoms with Crippen LogP contribution in [0.3, 0.4) is 0 Å². The molecule has 0 radical (unpaired) electrons. The second-order valence-electron chi connectivity index (χ2n) is 5.47. The number of hydrogen-bond donors (Lipinski definition) is 1. The maximum absolute atomic E-state index is 12.4. The minimum Gasteiger partial charge on any atom is -0.258 e. The Morgan fingerprint density at radius 3 is 2.38 bits per heavy atom. The maximum Gasteiger partial charge on any atom is 0.269 e. The average molecular weight is 389 g/mol. The molecule has 0 saturated carbocycles. The van der Waals surface area contributed by atoms with Gasteiger partial charge in [-0.2, -0.15) is 0 Å². The summed E-state index contributed by atoms with van der Waals surface area (Å²) in [6.45, 7) is 1.94. The van der Waals surface area contributed by atoms with Gasteiger partial charge >= 0.3 is 0 Å². The van der Waals surface area contributed by atoms with E-state index < -0.39 is 14.9 Å². The van der Waals surface area contributed by atoms with Gasteiger partial charge in [0.05, 0.1) is 15.5 Å². The topological polar surface area (TPSA) is 102 Å². The smallest absolute Gasteiger partial charge is 0.258 e. The van der Waals surface area contributed by atoms with E-state index in [2.05, 4.69) is 9.71 Å². The van der Waals surface area contributed by atoms with E-state index in [0.717, 1.165) is 21.1 Å². The standard InChI is InChI=1S/C17H15N3O4S2/c1-12-16(25-17(19-12)13-5-3-2-4-6-13)11-18-26(23,24)15-9-7-14(8-10-15)20(21)22/h2-10,18H,11H2,1H3. The van der Waals surface area contributed by atoms with Gasteiger partial charge in [0, 0.05) is 29.1 Å². The van der Waals surface area contributed by atoms with Crippen molar-refractivity contribution >= 4 is 27.0 Å². The first kappa shape index (κ1) is 18.2. The molecule has 0 atom stereocenters. The van der Waals surface area contributed by atoms with Crippen molar-refractivity contribution in [2.75, 3.05) is 0 Å². The molecule has 0 saturated heterocycles. The molecule has 2 aromatic carbocycles. The molecular weight excluding hydrogens is 374 g/mol. The molecule has 3 rings (SSSR count). The first-order chi connectivity index (χ1) is 12.4. The molecule has 0 aliphatic carbocycles. The van der Waals surface area contributed by atoms with Gasteiger partial charge in [-0.1, -0.05) is 30.3 Å². The molecule has 1 heterocycles. The SMILES string of the molecule is Cc1nc(-c2ccccc2)sc1CNS(=O)(=O)c1ccc([N+](=O)[O-])cc1. The third-order valence-electron chi connectivity index (χ3n) is 3.69. The summed E-state index contributed by atoms with van der Waals surface area (Å²) in [6, 6.07) is 14.4. The molecule has 1 aromatic heterocycles. The van der Waals surface area contributed by atoms with E-state index in [4.69, 9.17) is 0 Å². The van der Waals surface area contributed by atoms with Gasteiger partial charge in [0.1, 0.15) is 5.01 Å². The molecule has 0 aliphatic rings. The van der Waals surface area contributed by atoms with Crippen LogP contribution >= 0.6 is 11.3 Å². The van der Waals surface area contributed by atoms with Crippen LogP contribution in [0.1, 0.15) is 10.6 Å². The summed E-state index contributed by atoms with van der Waals surface area (Å²) < 4.78 is 27.3. The molecule has 0 amide bonds. The number of thiazole rings is 1. The van der Waals surface area contributed by atoms with Crippen LogP contribution in [0.25, 0.3) is 10.6 Å². The van der Waals surface area contributed by atoms with Crippen LogP contribution in [0.4, 0.5) is 5.69 Å². The van der Waals surface area contributed by atoms with Gasteiger partial charge in [-0.25, -0.2) is 18.1 Å². The summed E-state index contributed by atoms with van der Waals surface area (Å²) in [5, 5.41) is 11.5. The summed E-state index contributed by atoms with van der Waals surface area (Å²) in [5.41, 5.74) is 1.58. The molecular formula is C17H15N3O4S2. The Kier molecular flexibility index (Phi) is 5.12. The van der Waals surface area contributed by atoms with Crippen LogP contribution in [0.5, 0.6) is 0 Å². The highest BCUT2D eigenvalue weighted by Gasteiger charge is 2.17. The number of nitrogens with one attached hydrogen (secondary N) is 1. The second kappa shape index (κ2) is 7.32. The minimum absolute atomic E-state index is 0.0199. The zero-order chi connectivity index (χ0) is 18.7. The lowest BCUT2D eigenvalue weighted by atomic mass is 10.2. The highest BCUT2D eigenvalue weighted by atomic mass is 32.2. The first-order valence-corrected chi connectivity index (χ1v) is 9.92. The fourth-order valence-corrected chi connectivity index (χ4v) is 4.38. The molecule has 0 bridgehead atoms. The predicted octanol–water partition coefficient (Wildman–Crippen LogP) is 3.51. The van der Waals surface area contributed by atoms with Crippen molar-refractivity contribution in [3.05, 3.63) is 75.3 Å². The molecule has 0 spiro atoms. The van der Waals surface area contributed by atoms with Crippen LogP contribution < -0.4 is 4.72 Å². The lowest BCUT2D eigenvalue weighted by molar-refractivity contribution is -0.384. The Bertz CT molecular complexity index is 1030. The van der Waals surface area contributed by atoms with E-state index in [-0.39, 0.29) is 17.1 Å². The molecule has 1 N–H and O–H groups in total. The normalized spacial score (nSPS) is 11.4. The Balaban J connectivity index is 1.76. The number of aromatic nitrogens is 1. The number of nitro benzene ring substituents is 1. The molecule has 0 aliphatic heterocycles. The van der Waals surface area contributed by atoms with E-state index in [9.17, 15) is 18.5 Å². The van der Waals surface area contributed by atoms with E-state index in [0.29, 0.717) is 0 Å². The lowest BCUT2D eigenvalue weighted by Crippen LogP contribution is -2.23. The van der Waals surface area contributed by atoms with E-state index in [1.54, 1.807) is 0 Å². The van der Waals surface area contributed by atoms with Crippen LogP contribution in [0.15, 0.2) is 59.5 Å². The third kappa shape index (κ3) is 3.96. The predicted molar refractivity (Wildman–Crippen MR) is 99.4 cm³/mol. The van der Waals surface area contributed by atoms with Crippen molar-refractivity contribution in [2.45, 2.75) is 18.4 Å². The van der Waals surface area contributed by atoms with Crippen LogP contribution in [0, 0.1) is 17.0 Å². The second-order valence-corrected chi connectivity index (χ2v) is 8.32. The summed E-state index contributed by atoms with van der Waals surface area (Å²) in [5.74, 6) is 0. The molecule has 0 unspecified atom stereocenters. The van der Waals surface area contributed by atoms with Crippen LogP contribution in [-0.4, -0.2) is 18.3 Å². The van der Waals surface area contributed by atoms with E-state index in [1.165, 1.54) is 35.6 Å². The van der Waals surface area contributed by atoms with E-state index in [1.807, 2.05) is 37.3 Å². The first-order valence-electron chi connectivity index (χ1n) is 7.62. The highest BCUT2D eigenvalue weighted by Crippen LogP contribution is 2.28. The van der Waals surface area contributed by atoms with Gasteiger partial charge in [0.25, 0.3) is 5.69 Å². The Hall–Kier alpha value is -2.62. The fourth-order valence-electron chi connectivity index (χ4n) is 2.29. The van der Waals surface area contributed by atoms with Gasteiger partial charge in [0.2, 0.25) is 10.0 Å². The Morgan fingerprint density at radius 1 is 1.12 bits per heavy atom. The van der Waals surface area contributed by atoms with Crippen molar-refractivity contribution in [3.8, 4) is 10.6 Å². The number of rotatable bonds is 6. The summed E-state index contributed by atoms with van der Waals surface area (Å²) >= 11 is 1.43. The summed E-state index contributed by atoms with van der Waals surface area (Å²) in [7, 11) is -3.77. The zero-order valence-electron chi connectivity index (χ0n) is 13.7. The molecule has 0 fully saturated rings. The van der Waals surface area contributed by atoms with Crippen molar-refractivity contribution in [1.82, 2.24) is 9.71 Å². The van der Waals surface area contributed by atoms with Gasteiger partial charge in [0.15, 0.2) is 0 Å². The Labute approximate surface area is 154 Å². The van der Waals surface area contributed by atoms with Gasteiger partial charge in [-0.15, -0.1) is 11.3 Å². The number of nitro groups is 1. The number of benzene rings is 2.